The van der Waals surface area contributed by atoms with Crippen LogP contribution in [0.5, 0.6) is 5.75 Å². The maximum Gasteiger partial charge on any atom is 0.323 e. The first kappa shape index (κ1) is 19.8. The molecule has 0 radical (unpaired) electrons. The molecule has 0 saturated heterocycles. The molecule has 4 aromatic rings. The number of methoxy groups -OCH3 is 1. The Bertz CT molecular complexity index is 1220. The number of anilines is 3. The zero-order valence-electron chi connectivity index (χ0n) is 16.2. The van der Waals surface area contributed by atoms with Crippen molar-refractivity contribution in [3.63, 3.8) is 0 Å². The third-order valence-electron chi connectivity index (χ3n) is 4.67. The summed E-state index contributed by atoms with van der Waals surface area (Å²) in [5, 5.41) is 6.70. The quantitative estimate of drug-likeness (QED) is 0.382. The lowest BCUT2D eigenvalue weighted by atomic mass is 10.2. The average Bonchev–Trinajstić information content (AvgIpc) is 3.12. The third-order valence-corrected chi connectivity index (χ3v) is 5.16. The summed E-state index contributed by atoms with van der Waals surface area (Å²) >= 11 is 3.41. The number of amides is 2. The van der Waals surface area contributed by atoms with Crippen LogP contribution in [0.3, 0.4) is 0 Å². The van der Waals surface area contributed by atoms with Crippen LogP contribution in [0.1, 0.15) is 5.56 Å². The number of hydrogen-bond donors (Lipinski definition) is 3. The number of halogens is 1. The number of nitrogens with one attached hydrogen (secondary N) is 2. The number of fused-ring (bicyclic) bond motifs is 1. The Morgan fingerprint density at radius 3 is 2.77 bits per heavy atom. The minimum Gasteiger partial charge on any atom is -0.495 e. The van der Waals surface area contributed by atoms with Crippen LogP contribution in [0.25, 0.3) is 10.9 Å². The largest absolute Gasteiger partial charge is 0.495 e. The van der Waals surface area contributed by atoms with Crippen molar-refractivity contribution in [3.05, 3.63) is 77.0 Å². The lowest BCUT2D eigenvalue weighted by molar-refractivity contribution is 0.262. The molecule has 0 atom stereocenters. The van der Waals surface area contributed by atoms with E-state index in [0.717, 1.165) is 20.9 Å². The first-order valence-corrected chi connectivity index (χ1v) is 10.0. The summed E-state index contributed by atoms with van der Waals surface area (Å²) < 4.78 is 8.25. The van der Waals surface area contributed by atoms with Crippen LogP contribution in [0.2, 0.25) is 0 Å². The number of carbonyl (C=O) groups is 1. The molecular formula is C22H20BrN5O2. The van der Waals surface area contributed by atoms with Gasteiger partial charge in [-0.3, -0.25) is 0 Å². The van der Waals surface area contributed by atoms with Gasteiger partial charge < -0.3 is 25.7 Å². The van der Waals surface area contributed by atoms with Gasteiger partial charge in [0.25, 0.3) is 0 Å². The van der Waals surface area contributed by atoms with Gasteiger partial charge in [0.1, 0.15) is 11.6 Å². The third kappa shape index (κ3) is 4.23. The van der Waals surface area contributed by atoms with Gasteiger partial charge in [-0.25, -0.2) is 9.78 Å². The van der Waals surface area contributed by atoms with Gasteiger partial charge in [-0.1, -0.05) is 22.0 Å². The van der Waals surface area contributed by atoms with E-state index >= 15 is 0 Å². The fourth-order valence-corrected chi connectivity index (χ4v) is 3.67. The van der Waals surface area contributed by atoms with Gasteiger partial charge in [-0.15, -0.1) is 0 Å². The Kier molecular flexibility index (Phi) is 5.58. The van der Waals surface area contributed by atoms with Gasteiger partial charge in [-0.2, -0.15) is 0 Å². The monoisotopic (exact) mass is 465 g/mol. The van der Waals surface area contributed by atoms with Crippen molar-refractivity contribution in [2.45, 2.75) is 6.54 Å². The van der Waals surface area contributed by atoms with Crippen LogP contribution >= 0.6 is 15.9 Å². The molecule has 0 aliphatic heterocycles. The van der Waals surface area contributed by atoms with Gasteiger partial charge in [0.15, 0.2) is 0 Å². The predicted octanol–water partition coefficient (Wildman–Crippen LogP) is 5.08. The number of nitrogens with zero attached hydrogens (tertiary/aromatic N) is 2. The Hall–Kier alpha value is -3.52. The number of nitrogen functional groups attached to an aromatic ring is 1. The molecule has 0 fully saturated rings. The van der Waals surface area contributed by atoms with Gasteiger partial charge in [-0.05, 0) is 54.1 Å². The molecule has 8 heteroatoms. The van der Waals surface area contributed by atoms with Crippen molar-refractivity contribution >= 4 is 50.1 Å². The lowest BCUT2D eigenvalue weighted by Gasteiger charge is -2.12. The van der Waals surface area contributed by atoms with Crippen molar-refractivity contribution in [1.29, 1.82) is 0 Å². The molecule has 152 valence electrons. The van der Waals surface area contributed by atoms with Crippen molar-refractivity contribution in [3.8, 4) is 5.75 Å². The summed E-state index contributed by atoms with van der Waals surface area (Å²) in [6.07, 6.45) is 3.69. The normalized spacial score (nSPS) is 10.7. The first-order chi connectivity index (χ1) is 14.5. The summed E-state index contributed by atoms with van der Waals surface area (Å²) in [5.41, 5.74) is 9.13. The summed E-state index contributed by atoms with van der Waals surface area (Å²) in [5.74, 6) is 1.07. The van der Waals surface area contributed by atoms with Crippen molar-refractivity contribution < 1.29 is 9.53 Å². The van der Waals surface area contributed by atoms with E-state index in [-0.39, 0.29) is 6.03 Å². The van der Waals surface area contributed by atoms with E-state index in [4.69, 9.17) is 10.5 Å². The molecule has 0 unspecified atom stereocenters. The van der Waals surface area contributed by atoms with Crippen LogP contribution in [-0.4, -0.2) is 22.7 Å². The minimum atomic E-state index is -0.353. The molecular weight excluding hydrogens is 446 g/mol. The van der Waals surface area contributed by atoms with Gasteiger partial charge in [0, 0.05) is 28.8 Å². The van der Waals surface area contributed by atoms with E-state index in [1.807, 2.05) is 48.7 Å². The van der Waals surface area contributed by atoms with Crippen molar-refractivity contribution in [1.82, 2.24) is 9.55 Å². The highest BCUT2D eigenvalue weighted by molar-refractivity contribution is 9.10. The molecule has 0 aliphatic carbocycles. The highest BCUT2D eigenvalue weighted by atomic mass is 79.9. The molecule has 0 aliphatic rings. The maximum absolute atomic E-state index is 12.6. The number of rotatable bonds is 5. The summed E-state index contributed by atoms with van der Waals surface area (Å²) in [4.78, 5) is 16.7. The average molecular weight is 466 g/mol. The predicted molar refractivity (Wildman–Crippen MR) is 123 cm³/mol. The smallest absolute Gasteiger partial charge is 0.323 e. The Morgan fingerprint density at radius 2 is 1.97 bits per heavy atom. The van der Waals surface area contributed by atoms with Crippen LogP contribution < -0.4 is 21.1 Å². The molecule has 4 rings (SSSR count). The number of urea groups is 1. The number of aromatic nitrogens is 2. The van der Waals surface area contributed by atoms with Crippen LogP contribution in [-0.2, 0) is 6.54 Å². The van der Waals surface area contributed by atoms with E-state index in [9.17, 15) is 4.79 Å². The molecule has 4 N–H and O–H groups in total. The standard InChI is InChI=1S/C22H20BrN5O2/c1-30-20-6-5-15(23)12-18(20)27-22(29)26-17-3-2-4-19-16(17)8-10-28(19)13-14-7-9-25-21(24)11-14/h2-12H,13H2,1H3,(H2,24,25)(H2,26,27,29). The number of benzene rings is 2. The van der Waals surface area contributed by atoms with E-state index in [0.29, 0.717) is 29.5 Å². The van der Waals surface area contributed by atoms with Crippen LogP contribution in [0.15, 0.2) is 71.5 Å². The van der Waals surface area contributed by atoms with Crippen LogP contribution in [0.4, 0.5) is 22.0 Å². The molecule has 2 heterocycles. The maximum atomic E-state index is 12.6. The molecule has 0 saturated carbocycles. The number of pyridine rings is 1. The number of nitrogens with two attached hydrogens (primary N) is 1. The molecule has 2 aromatic carbocycles. The van der Waals surface area contributed by atoms with Gasteiger partial charge in [0.2, 0.25) is 0 Å². The zero-order chi connectivity index (χ0) is 21.1. The number of ether oxygens (including phenoxy) is 1. The Balaban J connectivity index is 1.56. The van der Waals surface area contributed by atoms with Crippen molar-refractivity contribution in [2.75, 3.05) is 23.5 Å². The minimum absolute atomic E-state index is 0.353. The van der Waals surface area contributed by atoms with Gasteiger partial charge >= 0.3 is 6.03 Å². The van der Waals surface area contributed by atoms with E-state index in [1.165, 1.54) is 0 Å². The van der Waals surface area contributed by atoms with E-state index < -0.39 is 0 Å². The highest BCUT2D eigenvalue weighted by Gasteiger charge is 2.12. The van der Waals surface area contributed by atoms with E-state index in [2.05, 4.69) is 36.1 Å². The fourth-order valence-electron chi connectivity index (χ4n) is 3.31. The Labute approximate surface area is 182 Å². The molecule has 0 bridgehead atoms. The fraction of sp³-hybridized carbons (Fsp3) is 0.0909. The summed E-state index contributed by atoms with van der Waals surface area (Å²) in [6.45, 7) is 0.654. The van der Waals surface area contributed by atoms with Crippen molar-refractivity contribution in [2.24, 2.45) is 0 Å². The topological polar surface area (TPSA) is 94.2 Å². The molecule has 2 amide bonds. The number of carbonyl (C=O) groups excluding carboxylic acids is 1. The number of hydrogen-bond acceptors (Lipinski definition) is 4. The van der Waals surface area contributed by atoms with Gasteiger partial charge in [0.05, 0.1) is 24.0 Å². The Morgan fingerprint density at radius 1 is 1.13 bits per heavy atom. The SMILES string of the molecule is COc1ccc(Br)cc1NC(=O)Nc1cccc2c1ccn2Cc1ccnc(N)c1. The zero-order valence-corrected chi connectivity index (χ0v) is 17.8. The summed E-state index contributed by atoms with van der Waals surface area (Å²) in [6, 6.07) is 16.6. The second-order valence-corrected chi connectivity index (χ2v) is 7.61. The molecule has 30 heavy (non-hydrogen) atoms. The lowest BCUT2D eigenvalue weighted by Crippen LogP contribution is -2.20. The van der Waals surface area contributed by atoms with Crippen LogP contribution in [0, 0.1) is 0 Å². The molecule has 0 spiro atoms. The van der Waals surface area contributed by atoms with E-state index in [1.54, 1.807) is 25.4 Å². The molecule has 7 nitrogen and oxygen atoms in total. The first-order valence-electron chi connectivity index (χ1n) is 9.23. The summed E-state index contributed by atoms with van der Waals surface area (Å²) in [7, 11) is 1.56. The second kappa shape index (κ2) is 8.46. The highest BCUT2D eigenvalue weighted by Crippen LogP contribution is 2.29. The molecule has 2 aromatic heterocycles. The second-order valence-electron chi connectivity index (χ2n) is 6.69.